The number of oxazole rings is 2. The van der Waals surface area contributed by atoms with Gasteiger partial charge in [0, 0.05) is 47.5 Å². The second kappa shape index (κ2) is 6.48. The molecule has 146 valence electrons. The van der Waals surface area contributed by atoms with Gasteiger partial charge in [0.15, 0.2) is 11.2 Å². The normalized spacial score (nSPS) is 11.2. The molecule has 0 aliphatic rings. The minimum Gasteiger partial charge on any atom is -0.436 e. The number of non-ortho nitro benzene ring substituents is 2. The SMILES string of the molecule is O=[N+]([O-])c1cccc(-c2nc3cc4oc(-c5cccc([N+](=O)[O-])c5)nc4cc3o2)c1. The number of aromatic nitrogens is 2. The van der Waals surface area contributed by atoms with Crippen molar-refractivity contribution >= 4 is 33.6 Å². The molecule has 0 bridgehead atoms. The molecule has 0 N–H and O–H groups in total. The maximum Gasteiger partial charge on any atom is 0.270 e. The molecule has 0 saturated carbocycles. The minimum atomic E-state index is -0.487. The molecule has 10 nitrogen and oxygen atoms in total. The van der Waals surface area contributed by atoms with Crippen molar-refractivity contribution in [3.8, 4) is 22.9 Å². The van der Waals surface area contributed by atoms with Crippen LogP contribution in [0.1, 0.15) is 0 Å². The molecule has 0 spiro atoms. The third-order valence-electron chi connectivity index (χ3n) is 4.51. The highest BCUT2D eigenvalue weighted by Gasteiger charge is 2.17. The number of benzene rings is 3. The maximum absolute atomic E-state index is 11.0. The van der Waals surface area contributed by atoms with E-state index in [9.17, 15) is 20.2 Å². The molecule has 30 heavy (non-hydrogen) atoms. The smallest absolute Gasteiger partial charge is 0.270 e. The molecular weight excluding hydrogens is 392 g/mol. The molecule has 2 aromatic heterocycles. The van der Waals surface area contributed by atoms with E-state index in [1.54, 1.807) is 36.4 Å². The summed E-state index contributed by atoms with van der Waals surface area (Å²) in [5.41, 5.74) is 2.67. The zero-order chi connectivity index (χ0) is 20.8. The van der Waals surface area contributed by atoms with Gasteiger partial charge >= 0.3 is 0 Å². The third kappa shape index (κ3) is 2.92. The first kappa shape index (κ1) is 17.5. The summed E-state index contributed by atoms with van der Waals surface area (Å²) in [6.07, 6.45) is 0. The van der Waals surface area contributed by atoms with Crippen molar-refractivity contribution in [3.05, 3.63) is 80.9 Å². The molecule has 3 aromatic carbocycles. The van der Waals surface area contributed by atoms with Crippen LogP contribution in [0.2, 0.25) is 0 Å². The highest BCUT2D eigenvalue weighted by Crippen LogP contribution is 2.32. The Bertz CT molecular complexity index is 1310. The fraction of sp³-hybridized carbons (Fsp3) is 0. The fourth-order valence-electron chi connectivity index (χ4n) is 3.10. The lowest BCUT2D eigenvalue weighted by Crippen LogP contribution is -1.87. The Morgan fingerprint density at radius 1 is 0.667 bits per heavy atom. The van der Waals surface area contributed by atoms with Crippen LogP contribution in [0.5, 0.6) is 0 Å². The summed E-state index contributed by atoms with van der Waals surface area (Å²) in [5.74, 6) is 0.473. The lowest BCUT2D eigenvalue weighted by atomic mass is 10.2. The van der Waals surface area contributed by atoms with E-state index in [-0.39, 0.29) is 23.2 Å². The third-order valence-corrected chi connectivity index (χ3v) is 4.51. The average Bonchev–Trinajstić information content (AvgIpc) is 3.35. The van der Waals surface area contributed by atoms with E-state index in [4.69, 9.17) is 8.83 Å². The summed E-state index contributed by atoms with van der Waals surface area (Å²) in [5, 5.41) is 22.0. The standard InChI is InChI=1S/C20H10N4O6/c25-23(26)13-5-1-3-11(7-13)19-21-15-9-18-16(10-17(15)29-19)22-20(30-18)12-4-2-6-14(8-12)24(27)28/h1-10H. The molecule has 0 atom stereocenters. The zero-order valence-electron chi connectivity index (χ0n) is 15.0. The van der Waals surface area contributed by atoms with Crippen molar-refractivity contribution in [2.75, 3.05) is 0 Å². The van der Waals surface area contributed by atoms with Crippen LogP contribution < -0.4 is 0 Å². The number of rotatable bonds is 4. The summed E-state index contributed by atoms with van der Waals surface area (Å²) in [6, 6.07) is 15.3. The highest BCUT2D eigenvalue weighted by molar-refractivity contribution is 5.91. The molecule has 5 rings (SSSR count). The van der Waals surface area contributed by atoms with Gasteiger partial charge < -0.3 is 8.83 Å². The Kier molecular flexibility index (Phi) is 3.78. The van der Waals surface area contributed by atoms with E-state index < -0.39 is 9.85 Å². The van der Waals surface area contributed by atoms with Crippen LogP contribution in [0, 0.1) is 20.2 Å². The Labute approximate surface area is 166 Å². The Morgan fingerprint density at radius 2 is 1.10 bits per heavy atom. The first-order valence-corrected chi connectivity index (χ1v) is 8.69. The van der Waals surface area contributed by atoms with E-state index in [2.05, 4.69) is 9.97 Å². The molecule has 0 unspecified atom stereocenters. The van der Waals surface area contributed by atoms with E-state index in [0.717, 1.165) is 0 Å². The van der Waals surface area contributed by atoms with E-state index in [0.29, 0.717) is 33.3 Å². The molecule has 2 heterocycles. The predicted octanol–water partition coefficient (Wildman–Crippen LogP) is 5.12. The number of nitro benzene ring substituents is 2. The number of hydrogen-bond acceptors (Lipinski definition) is 8. The number of hydrogen-bond donors (Lipinski definition) is 0. The summed E-state index contributed by atoms with van der Waals surface area (Å²) < 4.78 is 11.5. The van der Waals surface area contributed by atoms with Gasteiger partial charge in [-0.25, -0.2) is 9.97 Å². The van der Waals surface area contributed by atoms with Gasteiger partial charge in [0.2, 0.25) is 11.8 Å². The maximum atomic E-state index is 11.0. The van der Waals surface area contributed by atoms with Gasteiger partial charge in [-0.2, -0.15) is 0 Å². The van der Waals surface area contributed by atoms with Crippen LogP contribution in [-0.2, 0) is 0 Å². The van der Waals surface area contributed by atoms with E-state index >= 15 is 0 Å². The summed E-state index contributed by atoms with van der Waals surface area (Å²) in [7, 11) is 0. The zero-order valence-corrected chi connectivity index (χ0v) is 15.0. The molecule has 0 fully saturated rings. The molecule has 0 radical (unpaired) electrons. The molecule has 5 aromatic rings. The first-order valence-electron chi connectivity index (χ1n) is 8.69. The van der Waals surface area contributed by atoms with Gasteiger partial charge in [-0.05, 0) is 12.1 Å². The molecule has 0 aliphatic heterocycles. The summed E-state index contributed by atoms with van der Waals surface area (Å²) >= 11 is 0. The lowest BCUT2D eigenvalue weighted by molar-refractivity contribution is -0.385. The van der Waals surface area contributed by atoms with Crippen LogP contribution in [0.15, 0.2) is 69.5 Å². The second-order valence-corrected chi connectivity index (χ2v) is 6.44. The van der Waals surface area contributed by atoms with Gasteiger partial charge in [-0.1, -0.05) is 12.1 Å². The van der Waals surface area contributed by atoms with Crippen molar-refractivity contribution in [1.82, 2.24) is 9.97 Å². The van der Waals surface area contributed by atoms with Crippen molar-refractivity contribution in [2.45, 2.75) is 0 Å². The molecule has 0 aliphatic carbocycles. The summed E-state index contributed by atoms with van der Waals surface area (Å²) in [4.78, 5) is 29.8. The minimum absolute atomic E-state index is 0.0632. The van der Waals surface area contributed by atoms with Crippen LogP contribution in [0.3, 0.4) is 0 Å². The van der Waals surface area contributed by atoms with E-state index in [1.807, 2.05) is 0 Å². The molecule has 0 saturated heterocycles. The number of nitrogens with zero attached hydrogens (tertiary/aromatic N) is 4. The topological polar surface area (TPSA) is 138 Å². The predicted molar refractivity (Wildman–Crippen MR) is 106 cm³/mol. The van der Waals surface area contributed by atoms with Crippen LogP contribution >= 0.6 is 0 Å². The lowest BCUT2D eigenvalue weighted by Gasteiger charge is -1.95. The van der Waals surface area contributed by atoms with Crippen LogP contribution in [0.4, 0.5) is 11.4 Å². The quantitative estimate of drug-likeness (QED) is 0.298. The van der Waals surface area contributed by atoms with Gasteiger partial charge in [0.05, 0.1) is 9.85 Å². The highest BCUT2D eigenvalue weighted by atomic mass is 16.6. The van der Waals surface area contributed by atoms with Gasteiger partial charge in [0.1, 0.15) is 11.0 Å². The van der Waals surface area contributed by atoms with Crippen molar-refractivity contribution in [2.24, 2.45) is 0 Å². The molecule has 0 amide bonds. The Balaban J connectivity index is 1.57. The number of fused-ring (bicyclic) bond motifs is 2. The largest absolute Gasteiger partial charge is 0.436 e. The Morgan fingerprint density at radius 3 is 1.50 bits per heavy atom. The van der Waals surface area contributed by atoms with Crippen molar-refractivity contribution in [3.63, 3.8) is 0 Å². The van der Waals surface area contributed by atoms with Gasteiger partial charge in [-0.3, -0.25) is 20.2 Å². The molecule has 10 heteroatoms. The average molecular weight is 402 g/mol. The van der Waals surface area contributed by atoms with Gasteiger partial charge in [0.25, 0.3) is 11.4 Å². The molecular formula is C20H10N4O6. The fourth-order valence-corrected chi connectivity index (χ4v) is 3.10. The summed E-state index contributed by atoms with van der Waals surface area (Å²) in [6.45, 7) is 0. The van der Waals surface area contributed by atoms with Crippen molar-refractivity contribution in [1.29, 1.82) is 0 Å². The van der Waals surface area contributed by atoms with Crippen molar-refractivity contribution < 1.29 is 18.7 Å². The van der Waals surface area contributed by atoms with E-state index in [1.165, 1.54) is 24.3 Å². The van der Waals surface area contributed by atoms with Crippen LogP contribution in [-0.4, -0.2) is 19.8 Å². The van der Waals surface area contributed by atoms with Gasteiger partial charge in [-0.15, -0.1) is 0 Å². The second-order valence-electron chi connectivity index (χ2n) is 6.44. The first-order chi connectivity index (χ1) is 14.5. The van der Waals surface area contributed by atoms with Crippen LogP contribution in [0.25, 0.3) is 45.1 Å². The Hall–Kier alpha value is -4.60. The number of nitro groups is 2. The monoisotopic (exact) mass is 402 g/mol.